The maximum atomic E-state index is 10.1. The summed E-state index contributed by atoms with van der Waals surface area (Å²) in [6.45, 7) is 8.53. The fourth-order valence-corrected chi connectivity index (χ4v) is 3.97. The molecular formula is C24H31ClN2O2. The van der Waals surface area contributed by atoms with Gasteiger partial charge in [0, 0.05) is 6.54 Å². The van der Waals surface area contributed by atoms with E-state index in [1.807, 2.05) is 36.4 Å². The molecule has 156 valence electrons. The van der Waals surface area contributed by atoms with Crippen molar-refractivity contribution in [1.29, 1.82) is 5.26 Å². The summed E-state index contributed by atoms with van der Waals surface area (Å²) in [5.41, 5.74) is 1.90. The summed E-state index contributed by atoms with van der Waals surface area (Å²) >= 11 is 0. The van der Waals surface area contributed by atoms with Crippen molar-refractivity contribution in [2.75, 3.05) is 19.7 Å². The van der Waals surface area contributed by atoms with E-state index >= 15 is 0 Å². The van der Waals surface area contributed by atoms with Gasteiger partial charge in [0.15, 0.2) is 11.5 Å². The molecular weight excluding hydrogens is 384 g/mol. The van der Waals surface area contributed by atoms with Crippen LogP contribution in [0.5, 0.6) is 11.5 Å². The van der Waals surface area contributed by atoms with Crippen molar-refractivity contribution in [2.45, 2.75) is 45.1 Å². The molecule has 2 unspecified atom stereocenters. The Morgan fingerprint density at radius 3 is 2.52 bits per heavy atom. The highest BCUT2D eigenvalue weighted by Crippen LogP contribution is 2.38. The third-order valence-electron chi connectivity index (χ3n) is 5.67. The molecule has 0 saturated carbocycles. The zero-order valence-corrected chi connectivity index (χ0v) is 18.3. The smallest absolute Gasteiger partial charge is 0.161 e. The Morgan fingerprint density at radius 1 is 1.14 bits per heavy atom. The van der Waals surface area contributed by atoms with Crippen LogP contribution < -0.4 is 14.8 Å². The number of ether oxygens (including phenoxy) is 2. The van der Waals surface area contributed by atoms with Crippen LogP contribution in [0.4, 0.5) is 0 Å². The van der Waals surface area contributed by atoms with E-state index < -0.39 is 5.41 Å². The van der Waals surface area contributed by atoms with Crippen molar-refractivity contribution in [2.24, 2.45) is 5.92 Å². The lowest BCUT2D eigenvalue weighted by molar-refractivity contribution is 0.0904. The van der Waals surface area contributed by atoms with E-state index in [0.29, 0.717) is 6.61 Å². The number of nitrogens with one attached hydrogen (secondary N) is 1. The van der Waals surface area contributed by atoms with Crippen molar-refractivity contribution >= 4 is 12.4 Å². The maximum absolute atomic E-state index is 10.1. The fraction of sp³-hybridized carbons (Fsp3) is 0.458. The number of aryl methyl sites for hydroxylation is 1. The van der Waals surface area contributed by atoms with Crippen LogP contribution in [0.1, 0.15) is 37.8 Å². The Hall–Kier alpha value is -2.22. The standard InChI is InChI=1S/C24H30N2O2.ClH/c1-18(2)24(17-25,21-10-5-4-9-19(21)3)13-8-14-26-15-20-16-27-22-11-6-7-12-23(22)28-20;/h4-7,9-12,18,20,26H,8,13-16H2,1-3H3;1H. The van der Waals surface area contributed by atoms with Crippen LogP contribution in [-0.2, 0) is 5.41 Å². The number of rotatable bonds is 8. The molecule has 0 bridgehead atoms. The highest BCUT2D eigenvalue weighted by molar-refractivity contribution is 5.85. The molecule has 0 saturated heterocycles. The third-order valence-corrected chi connectivity index (χ3v) is 5.67. The minimum Gasteiger partial charge on any atom is -0.486 e. The molecule has 2 atom stereocenters. The lowest BCUT2D eigenvalue weighted by atomic mass is 9.68. The molecule has 4 nitrogen and oxygen atoms in total. The van der Waals surface area contributed by atoms with Crippen LogP contribution >= 0.6 is 12.4 Å². The van der Waals surface area contributed by atoms with Gasteiger partial charge in [-0.15, -0.1) is 12.4 Å². The Bertz CT molecular complexity index is 834. The monoisotopic (exact) mass is 414 g/mol. The summed E-state index contributed by atoms with van der Waals surface area (Å²) in [5.74, 6) is 1.88. The lowest BCUT2D eigenvalue weighted by Crippen LogP contribution is -2.39. The number of hydrogen-bond donors (Lipinski definition) is 1. The van der Waals surface area contributed by atoms with Crippen molar-refractivity contribution in [3.63, 3.8) is 0 Å². The highest BCUT2D eigenvalue weighted by atomic mass is 35.5. The Labute approximate surface area is 180 Å². The van der Waals surface area contributed by atoms with Crippen molar-refractivity contribution in [1.82, 2.24) is 5.32 Å². The third kappa shape index (κ3) is 5.23. The first-order valence-corrected chi connectivity index (χ1v) is 10.1. The van der Waals surface area contributed by atoms with Crippen LogP contribution in [0.25, 0.3) is 0 Å². The molecule has 0 aliphatic carbocycles. The van der Waals surface area contributed by atoms with E-state index in [1.54, 1.807) is 0 Å². The summed E-state index contributed by atoms with van der Waals surface area (Å²) in [6.07, 6.45) is 1.78. The first-order chi connectivity index (χ1) is 13.6. The van der Waals surface area contributed by atoms with Crippen molar-refractivity contribution in [3.05, 3.63) is 59.7 Å². The van der Waals surface area contributed by atoms with Crippen molar-refractivity contribution in [3.8, 4) is 17.6 Å². The quantitative estimate of drug-likeness (QED) is 0.614. The average Bonchev–Trinajstić information content (AvgIpc) is 2.71. The van der Waals surface area contributed by atoms with E-state index in [2.05, 4.69) is 44.3 Å². The first kappa shape index (κ1) is 23.1. The largest absolute Gasteiger partial charge is 0.486 e. The van der Waals surface area contributed by atoms with E-state index in [-0.39, 0.29) is 24.4 Å². The molecule has 1 heterocycles. The van der Waals surface area contributed by atoms with E-state index in [9.17, 15) is 5.26 Å². The van der Waals surface area contributed by atoms with Gasteiger partial charge in [-0.25, -0.2) is 0 Å². The van der Waals surface area contributed by atoms with Crippen LogP contribution in [0.15, 0.2) is 48.5 Å². The number of hydrogen-bond acceptors (Lipinski definition) is 4. The van der Waals surface area contributed by atoms with Gasteiger partial charge in [-0.1, -0.05) is 50.2 Å². The molecule has 0 aromatic heterocycles. The minimum absolute atomic E-state index is 0. The minimum atomic E-state index is -0.448. The van der Waals surface area contributed by atoms with Gasteiger partial charge in [-0.3, -0.25) is 0 Å². The van der Waals surface area contributed by atoms with E-state index in [1.165, 1.54) is 5.56 Å². The number of nitrogens with zero attached hydrogens (tertiary/aromatic N) is 1. The average molecular weight is 415 g/mol. The molecule has 1 N–H and O–H groups in total. The van der Waals surface area contributed by atoms with Gasteiger partial charge in [0.1, 0.15) is 12.7 Å². The van der Waals surface area contributed by atoms with E-state index in [0.717, 1.165) is 43.0 Å². The van der Waals surface area contributed by atoms with Gasteiger partial charge in [0.05, 0.1) is 11.5 Å². The van der Waals surface area contributed by atoms with Crippen LogP contribution in [0.2, 0.25) is 0 Å². The molecule has 0 amide bonds. The summed E-state index contributed by atoms with van der Waals surface area (Å²) in [7, 11) is 0. The van der Waals surface area contributed by atoms with Crippen LogP contribution in [0.3, 0.4) is 0 Å². The second kappa shape index (κ2) is 10.5. The number of fused-ring (bicyclic) bond motifs is 1. The lowest BCUT2D eigenvalue weighted by Gasteiger charge is -2.33. The Balaban J connectivity index is 0.00000300. The zero-order chi connectivity index (χ0) is 20.0. The SMILES string of the molecule is Cc1ccccc1C(C#N)(CCCNCC1COc2ccccc2O1)C(C)C.Cl. The Morgan fingerprint density at radius 2 is 1.83 bits per heavy atom. The molecule has 0 radical (unpaired) electrons. The zero-order valence-electron chi connectivity index (χ0n) is 17.5. The molecule has 29 heavy (non-hydrogen) atoms. The van der Waals surface area contributed by atoms with Gasteiger partial charge < -0.3 is 14.8 Å². The molecule has 2 aromatic carbocycles. The van der Waals surface area contributed by atoms with Gasteiger partial charge in [-0.05, 0) is 55.5 Å². The summed E-state index contributed by atoms with van der Waals surface area (Å²) in [4.78, 5) is 0. The maximum Gasteiger partial charge on any atom is 0.161 e. The summed E-state index contributed by atoms with van der Waals surface area (Å²) < 4.78 is 11.7. The van der Waals surface area contributed by atoms with Gasteiger partial charge in [0.25, 0.3) is 0 Å². The molecule has 1 aliphatic rings. The van der Waals surface area contributed by atoms with Crippen molar-refractivity contribution < 1.29 is 9.47 Å². The predicted octanol–water partition coefficient (Wildman–Crippen LogP) is 5.04. The number of halogens is 1. The van der Waals surface area contributed by atoms with Crippen LogP contribution in [-0.4, -0.2) is 25.8 Å². The highest BCUT2D eigenvalue weighted by Gasteiger charge is 2.36. The second-order valence-corrected chi connectivity index (χ2v) is 7.86. The number of nitriles is 1. The topological polar surface area (TPSA) is 54.3 Å². The molecule has 1 aliphatic heterocycles. The van der Waals surface area contributed by atoms with Gasteiger partial charge >= 0.3 is 0 Å². The van der Waals surface area contributed by atoms with Gasteiger partial charge in [-0.2, -0.15) is 5.26 Å². The number of para-hydroxylation sites is 2. The predicted molar refractivity (Wildman–Crippen MR) is 119 cm³/mol. The summed E-state index contributed by atoms with van der Waals surface area (Å²) in [6, 6.07) is 18.7. The van der Waals surface area contributed by atoms with Crippen LogP contribution in [0, 0.1) is 24.2 Å². The second-order valence-electron chi connectivity index (χ2n) is 7.86. The fourth-order valence-electron chi connectivity index (χ4n) is 3.97. The Kier molecular flexibility index (Phi) is 8.37. The molecule has 5 heteroatoms. The van der Waals surface area contributed by atoms with Gasteiger partial charge in [0.2, 0.25) is 0 Å². The molecule has 3 rings (SSSR count). The first-order valence-electron chi connectivity index (χ1n) is 10.1. The molecule has 2 aromatic rings. The van der Waals surface area contributed by atoms with E-state index in [4.69, 9.17) is 9.47 Å². The normalized spacial score (nSPS) is 17.1. The molecule has 0 fully saturated rings. The summed E-state index contributed by atoms with van der Waals surface area (Å²) in [5, 5.41) is 13.5. The number of benzene rings is 2. The molecule has 0 spiro atoms.